The van der Waals surface area contributed by atoms with Gasteiger partial charge in [0.05, 0.1) is 17.6 Å². The van der Waals surface area contributed by atoms with Gasteiger partial charge in [-0.3, -0.25) is 4.98 Å². The molecule has 15 heavy (non-hydrogen) atoms. The van der Waals surface area contributed by atoms with Crippen molar-refractivity contribution in [2.24, 2.45) is 5.73 Å². The first kappa shape index (κ1) is 10.4. The zero-order chi connectivity index (χ0) is 10.8. The zero-order valence-corrected chi connectivity index (χ0v) is 9.63. The number of nitrogens with two attached hydrogens (primary N) is 1. The molecule has 2 rings (SSSR count). The van der Waals surface area contributed by atoms with Gasteiger partial charge in [0.15, 0.2) is 0 Å². The van der Waals surface area contributed by atoms with E-state index in [1.165, 1.54) is 18.5 Å². The van der Waals surface area contributed by atoms with E-state index in [0.717, 1.165) is 6.54 Å². The first-order chi connectivity index (χ1) is 7.18. The number of hydrogen-bond acceptors (Lipinski definition) is 3. The summed E-state index contributed by atoms with van der Waals surface area (Å²) in [7, 11) is 0. The van der Waals surface area contributed by atoms with Crippen LogP contribution in [0.5, 0.6) is 0 Å². The number of nitrogens with zero attached hydrogens (tertiary/aromatic N) is 2. The van der Waals surface area contributed by atoms with Crippen LogP contribution in [-0.2, 0) is 0 Å². The first-order valence-electron chi connectivity index (χ1n) is 5.21. The molecule has 0 aliphatic carbocycles. The minimum absolute atomic E-state index is 0.357. The monoisotopic (exact) mass is 221 g/mol. The van der Waals surface area contributed by atoms with E-state index in [1.54, 1.807) is 0 Å². The van der Waals surface area contributed by atoms with Crippen molar-refractivity contribution in [3.8, 4) is 0 Å². The van der Waals surface area contributed by atoms with Crippen molar-refractivity contribution in [2.75, 3.05) is 11.4 Å². The molecule has 0 bridgehead atoms. The summed E-state index contributed by atoms with van der Waals surface area (Å²) in [5, 5.41) is 0. The third-order valence-electron chi connectivity index (χ3n) is 2.88. The van der Waals surface area contributed by atoms with Gasteiger partial charge in [0, 0.05) is 12.6 Å². The van der Waals surface area contributed by atoms with E-state index in [9.17, 15) is 0 Å². The summed E-state index contributed by atoms with van der Waals surface area (Å²) >= 11 is 4.86. The number of pyridine rings is 1. The summed E-state index contributed by atoms with van der Waals surface area (Å²) in [6, 6.07) is 4.55. The standard InChI is InChI=1S/C11H15N3S/c1-8-3-2-6-14(8)9-4-5-10(11(12)15)13-7-9/h4-5,7-8H,2-3,6H2,1H3,(H2,12,15). The molecule has 1 aliphatic heterocycles. The van der Waals surface area contributed by atoms with Crippen LogP contribution in [0.3, 0.4) is 0 Å². The smallest absolute Gasteiger partial charge is 0.122 e. The van der Waals surface area contributed by atoms with E-state index in [1.807, 2.05) is 18.3 Å². The molecule has 1 unspecified atom stereocenters. The summed E-state index contributed by atoms with van der Waals surface area (Å²) in [5.74, 6) is 0. The Hall–Kier alpha value is -1.16. The Labute approximate surface area is 95.3 Å². The maximum absolute atomic E-state index is 5.50. The maximum Gasteiger partial charge on any atom is 0.122 e. The first-order valence-corrected chi connectivity index (χ1v) is 5.62. The van der Waals surface area contributed by atoms with Gasteiger partial charge in [-0.1, -0.05) is 12.2 Å². The summed E-state index contributed by atoms with van der Waals surface area (Å²) in [6.45, 7) is 3.36. The third kappa shape index (κ3) is 2.09. The second-order valence-electron chi connectivity index (χ2n) is 3.95. The molecule has 1 atom stereocenters. The number of aromatic nitrogens is 1. The van der Waals surface area contributed by atoms with Crippen LogP contribution in [0.2, 0.25) is 0 Å². The predicted molar refractivity (Wildman–Crippen MR) is 66.2 cm³/mol. The summed E-state index contributed by atoms with van der Waals surface area (Å²) in [4.78, 5) is 6.98. The Morgan fingerprint density at radius 3 is 2.87 bits per heavy atom. The molecule has 80 valence electrons. The Kier molecular flexibility index (Phi) is 2.86. The number of rotatable bonds is 2. The molecule has 0 amide bonds. The lowest BCUT2D eigenvalue weighted by atomic mass is 10.2. The molecular formula is C11H15N3S. The average molecular weight is 221 g/mol. The quantitative estimate of drug-likeness (QED) is 0.772. The van der Waals surface area contributed by atoms with Gasteiger partial charge in [-0.25, -0.2) is 0 Å². The summed E-state index contributed by atoms with van der Waals surface area (Å²) in [6.07, 6.45) is 4.38. The number of anilines is 1. The minimum atomic E-state index is 0.357. The summed E-state index contributed by atoms with van der Waals surface area (Å²) in [5.41, 5.74) is 7.36. The third-order valence-corrected chi connectivity index (χ3v) is 3.09. The van der Waals surface area contributed by atoms with Gasteiger partial charge in [-0.05, 0) is 31.9 Å². The highest BCUT2D eigenvalue weighted by atomic mass is 32.1. The van der Waals surface area contributed by atoms with Crippen LogP contribution in [0.4, 0.5) is 5.69 Å². The maximum atomic E-state index is 5.50. The lowest BCUT2D eigenvalue weighted by Gasteiger charge is -2.23. The highest BCUT2D eigenvalue weighted by molar-refractivity contribution is 7.80. The van der Waals surface area contributed by atoms with E-state index in [-0.39, 0.29) is 0 Å². The van der Waals surface area contributed by atoms with E-state index in [2.05, 4.69) is 16.8 Å². The van der Waals surface area contributed by atoms with Crippen LogP contribution >= 0.6 is 12.2 Å². The molecule has 2 heterocycles. The molecule has 1 aromatic heterocycles. The fourth-order valence-electron chi connectivity index (χ4n) is 2.02. The molecule has 1 saturated heterocycles. The van der Waals surface area contributed by atoms with Crippen molar-refractivity contribution < 1.29 is 0 Å². The van der Waals surface area contributed by atoms with E-state index < -0.39 is 0 Å². The Morgan fingerprint density at radius 1 is 1.60 bits per heavy atom. The van der Waals surface area contributed by atoms with Gasteiger partial charge in [-0.15, -0.1) is 0 Å². The number of hydrogen-bond donors (Lipinski definition) is 1. The molecule has 1 fully saturated rings. The SMILES string of the molecule is CC1CCCN1c1ccc(C(N)=S)nc1. The second kappa shape index (κ2) is 4.14. The highest BCUT2D eigenvalue weighted by Crippen LogP contribution is 2.24. The van der Waals surface area contributed by atoms with Gasteiger partial charge >= 0.3 is 0 Å². The molecule has 0 radical (unpaired) electrons. The van der Waals surface area contributed by atoms with Crippen molar-refractivity contribution in [2.45, 2.75) is 25.8 Å². The van der Waals surface area contributed by atoms with Gasteiger partial charge in [0.25, 0.3) is 0 Å². The summed E-state index contributed by atoms with van der Waals surface area (Å²) < 4.78 is 0. The molecule has 1 aromatic rings. The number of thiocarbonyl (C=S) groups is 1. The fraction of sp³-hybridized carbons (Fsp3) is 0.455. The molecular weight excluding hydrogens is 206 g/mol. The van der Waals surface area contributed by atoms with Crippen LogP contribution in [0, 0.1) is 0 Å². The molecule has 0 aromatic carbocycles. The largest absolute Gasteiger partial charge is 0.388 e. The molecule has 2 N–H and O–H groups in total. The van der Waals surface area contributed by atoms with Gasteiger partial charge < -0.3 is 10.6 Å². The molecule has 0 spiro atoms. The van der Waals surface area contributed by atoms with E-state index in [0.29, 0.717) is 16.7 Å². The minimum Gasteiger partial charge on any atom is -0.388 e. The van der Waals surface area contributed by atoms with E-state index >= 15 is 0 Å². The molecule has 4 heteroatoms. The van der Waals surface area contributed by atoms with Gasteiger partial charge in [-0.2, -0.15) is 0 Å². The molecule has 3 nitrogen and oxygen atoms in total. The van der Waals surface area contributed by atoms with Crippen LogP contribution in [-0.4, -0.2) is 22.6 Å². The van der Waals surface area contributed by atoms with E-state index in [4.69, 9.17) is 18.0 Å². The van der Waals surface area contributed by atoms with Crippen molar-refractivity contribution >= 4 is 22.9 Å². The average Bonchev–Trinajstić information content (AvgIpc) is 2.65. The Morgan fingerprint density at radius 2 is 2.40 bits per heavy atom. The second-order valence-corrected chi connectivity index (χ2v) is 4.39. The highest BCUT2D eigenvalue weighted by Gasteiger charge is 2.20. The lowest BCUT2D eigenvalue weighted by molar-refractivity contribution is 0.734. The van der Waals surface area contributed by atoms with Crippen LogP contribution < -0.4 is 10.6 Å². The van der Waals surface area contributed by atoms with Crippen molar-refractivity contribution in [3.63, 3.8) is 0 Å². The molecule has 1 aliphatic rings. The van der Waals surface area contributed by atoms with Crippen molar-refractivity contribution in [3.05, 3.63) is 24.0 Å². The Balaban J connectivity index is 2.19. The predicted octanol–water partition coefficient (Wildman–Crippen LogP) is 1.70. The van der Waals surface area contributed by atoms with Gasteiger partial charge in [0.1, 0.15) is 4.99 Å². The van der Waals surface area contributed by atoms with Crippen LogP contribution in [0.15, 0.2) is 18.3 Å². The Bertz CT molecular complexity index is 361. The van der Waals surface area contributed by atoms with Crippen LogP contribution in [0.25, 0.3) is 0 Å². The van der Waals surface area contributed by atoms with Crippen molar-refractivity contribution in [1.82, 2.24) is 4.98 Å². The zero-order valence-electron chi connectivity index (χ0n) is 8.81. The normalized spacial score (nSPS) is 20.6. The van der Waals surface area contributed by atoms with Gasteiger partial charge in [0.2, 0.25) is 0 Å². The van der Waals surface area contributed by atoms with Crippen molar-refractivity contribution in [1.29, 1.82) is 0 Å². The topological polar surface area (TPSA) is 42.1 Å². The van der Waals surface area contributed by atoms with Crippen LogP contribution in [0.1, 0.15) is 25.5 Å². The molecule has 0 saturated carbocycles. The fourth-order valence-corrected chi connectivity index (χ4v) is 2.14. The lowest BCUT2D eigenvalue weighted by Crippen LogP contribution is -2.26.